The van der Waals surface area contributed by atoms with E-state index in [2.05, 4.69) is 4.98 Å². The molecule has 0 aliphatic carbocycles. The van der Waals surface area contributed by atoms with Gasteiger partial charge in [0, 0.05) is 17.0 Å². The summed E-state index contributed by atoms with van der Waals surface area (Å²) in [6, 6.07) is 1.61. The number of hydrogen-bond donors (Lipinski definition) is 2. The molecule has 5 heteroatoms. The SMILES string of the molecule is CC(=O)c1cc([C@@H]2OC[C@H](F)[C@H]2O)[nH]c1C. The van der Waals surface area contributed by atoms with Crippen LogP contribution >= 0.6 is 0 Å². The van der Waals surface area contributed by atoms with Crippen LogP contribution in [0.5, 0.6) is 0 Å². The zero-order valence-corrected chi connectivity index (χ0v) is 9.16. The van der Waals surface area contributed by atoms with E-state index in [0.717, 1.165) is 0 Å². The lowest BCUT2D eigenvalue weighted by atomic mass is 10.1. The van der Waals surface area contributed by atoms with Crippen molar-refractivity contribution in [2.45, 2.75) is 32.2 Å². The number of nitrogens with one attached hydrogen (secondary N) is 1. The average molecular weight is 227 g/mol. The van der Waals surface area contributed by atoms with Gasteiger partial charge in [-0.25, -0.2) is 4.39 Å². The molecule has 4 nitrogen and oxygen atoms in total. The van der Waals surface area contributed by atoms with E-state index in [1.165, 1.54) is 6.92 Å². The molecule has 0 amide bonds. The minimum absolute atomic E-state index is 0.0655. The lowest BCUT2D eigenvalue weighted by molar-refractivity contribution is 0.0332. The second kappa shape index (κ2) is 3.99. The topological polar surface area (TPSA) is 62.3 Å². The Morgan fingerprint density at radius 1 is 1.69 bits per heavy atom. The minimum atomic E-state index is -1.37. The number of aliphatic hydroxyl groups is 1. The van der Waals surface area contributed by atoms with E-state index in [1.54, 1.807) is 13.0 Å². The molecule has 3 atom stereocenters. The summed E-state index contributed by atoms with van der Waals surface area (Å²) in [5.74, 6) is -0.0655. The number of Topliss-reactive ketones (excluding diaryl/α,β-unsaturated/α-hetero) is 1. The van der Waals surface area contributed by atoms with Crippen LogP contribution in [0.25, 0.3) is 0 Å². The standard InChI is InChI=1S/C11H14FNO3/c1-5-7(6(2)14)3-9(13-5)11-10(15)8(12)4-16-11/h3,8,10-11,13,15H,4H2,1-2H3/t8-,10+,11-/m0/s1. The number of aromatic nitrogens is 1. The molecule has 1 aliphatic rings. The summed E-state index contributed by atoms with van der Waals surface area (Å²) >= 11 is 0. The Balaban J connectivity index is 2.28. The quantitative estimate of drug-likeness (QED) is 0.748. The summed E-state index contributed by atoms with van der Waals surface area (Å²) in [4.78, 5) is 14.2. The first-order chi connectivity index (χ1) is 7.50. The molecule has 88 valence electrons. The maximum absolute atomic E-state index is 13.1. The number of carbonyl (C=O) groups is 1. The Labute approximate surface area is 92.4 Å². The summed E-state index contributed by atoms with van der Waals surface area (Å²) < 4.78 is 18.2. The number of H-pyrrole nitrogens is 1. The first kappa shape index (κ1) is 11.3. The van der Waals surface area contributed by atoms with Crippen LogP contribution in [0.3, 0.4) is 0 Å². The van der Waals surface area contributed by atoms with Crippen molar-refractivity contribution in [2.24, 2.45) is 0 Å². The predicted molar refractivity (Wildman–Crippen MR) is 55.1 cm³/mol. The number of aliphatic hydroxyl groups excluding tert-OH is 1. The first-order valence-corrected chi connectivity index (χ1v) is 5.15. The van der Waals surface area contributed by atoms with Gasteiger partial charge in [-0.05, 0) is 19.9 Å². The van der Waals surface area contributed by atoms with Crippen molar-refractivity contribution < 1.29 is 19.0 Å². The van der Waals surface area contributed by atoms with Crippen LogP contribution in [0.15, 0.2) is 6.07 Å². The molecule has 1 aliphatic heterocycles. The van der Waals surface area contributed by atoms with Gasteiger partial charge in [-0.1, -0.05) is 0 Å². The zero-order valence-electron chi connectivity index (χ0n) is 9.16. The largest absolute Gasteiger partial charge is 0.387 e. The van der Waals surface area contributed by atoms with E-state index in [4.69, 9.17) is 4.74 Å². The Kier molecular flexibility index (Phi) is 2.82. The highest BCUT2D eigenvalue weighted by Crippen LogP contribution is 2.31. The van der Waals surface area contributed by atoms with Crippen molar-refractivity contribution in [3.63, 3.8) is 0 Å². The van der Waals surface area contributed by atoms with Crippen molar-refractivity contribution in [3.05, 3.63) is 23.0 Å². The third-order valence-corrected chi connectivity index (χ3v) is 2.84. The number of carbonyl (C=O) groups excluding carboxylic acids is 1. The predicted octanol–water partition coefficient (Wildman–Crippen LogP) is 1.30. The summed E-state index contributed by atoms with van der Waals surface area (Å²) in [5, 5.41) is 9.54. The number of rotatable bonds is 2. The molecule has 2 rings (SSSR count). The molecular weight excluding hydrogens is 213 g/mol. The van der Waals surface area contributed by atoms with Gasteiger partial charge in [-0.15, -0.1) is 0 Å². The molecular formula is C11H14FNO3. The zero-order chi connectivity index (χ0) is 11.9. The van der Waals surface area contributed by atoms with Gasteiger partial charge in [0.25, 0.3) is 0 Å². The monoisotopic (exact) mass is 227 g/mol. The van der Waals surface area contributed by atoms with Crippen LogP contribution in [0.2, 0.25) is 0 Å². The molecule has 0 spiro atoms. The smallest absolute Gasteiger partial charge is 0.161 e. The molecule has 0 unspecified atom stereocenters. The maximum Gasteiger partial charge on any atom is 0.161 e. The first-order valence-electron chi connectivity index (χ1n) is 5.15. The van der Waals surface area contributed by atoms with E-state index in [0.29, 0.717) is 17.0 Å². The minimum Gasteiger partial charge on any atom is -0.387 e. The summed E-state index contributed by atoms with van der Waals surface area (Å²) in [6.45, 7) is 3.11. The maximum atomic E-state index is 13.1. The van der Waals surface area contributed by atoms with Gasteiger partial charge < -0.3 is 14.8 Å². The van der Waals surface area contributed by atoms with Crippen LogP contribution in [0.1, 0.15) is 34.8 Å². The Morgan fingerprint density at radius 2 is 2.38 bits per heavy atom. The van der Waals surface area contributed by atoms with Crippen LogP contribution in [-0.4, -0.2) is 34.8 Å². The number of ether oxygens (including phenoxy) is 1. The van der Waals surface area contributed by atoms with E-state index in [1.807, 2.05) is 0 Å². The summed E-state index contributed by atoms with van der Waals surface area (Å²) in [6.07, 6.45) is -3.24. The van der Waals surface area contributed by atoms with Crippen molar-refractivity contribution >= 4 is 5.78 Å². The van der Waals surface area contributed by atoms with Crippen LogP contribution < -0.4 is 0 Å². The van der Waals surface area contributed by atoms with Gasteiger partial charge in [-0.3, -0.25) is 4.79 Å². The van der Waals surface area contributed by atoms with Gasteiger partial charge >= 0.3 is 0 Å². The van der Waals surface area contributed by atoms with Crippen molar-refractivity contribution in [1.29, 1.82) is 0 Å². The molecule has 0 radical (unpaired) electrons. The molecule has 0 aromatic carbocycles. The molecule has 1 fully saturated rings. The summed E-state index contributed by atoms with van der Waals surface area (Å²) in [7, 11) is 0. The Hall–Kier alpha value is -1.20. The average Bonchev–Trinajstić information content (AvgIpc) is 2.73. The third kappa shape index (κ3) is 1.76. The Bertz CT molecular complexity index is 415. The highest BCUT2D eigenvalue weighted by atomic mass is 19.1. The molecule has 0 bridgehead atoms. The molecule has 1 aromatic heterocycles. The molecule has 1 saturated heterocycles. The highest BCUT2D eigenvalue weighted by Gasteiger charge is 2.38. The highest BCUT2D eigenvalue weighted by molar-refractivity contribution is 5.95. The van der Waals surface area contributed by atoms with Crippen LogP contribution in [0, 0.1) is 6.92 Å². The second-order valence-electron chi connectivity index (χ2n) is 4.08. The second-order valence-corrected chi connectivity index (χ2v) is 4.08. The van der Waals surface area contributed by atoms with Crippen molar-refractivity contribution in [2.75, 3.05) is 6.61 Å². The van der Waals surface area contributed by atoms with Gasteiger partial charge in [0.05, 0.1) is 6.61 Å². The molecule has 2 heterocycles. The number of ketones is 1. The number of aromatic amines is 1. The van der Waals surface area contributed by atoms with Crippen LogP contribution in [0.4, 0.5) is 4.39 Å². The van der Waals surface area contributed by atoms with Crippen molar-refractivity contribution in [1.82, 2.24) is 4.98 Å². The number of alkyl halides is 1. The van der Waals surface area contributed by atoms with Gasteiger partial charge in [0.2, 0.25) is 0 Å². The lowest BCUT2D eigenvalue weighted by Gasteiger charge is -2.12. The molecule has 2 N–H and O–H groups in total. The van der Waals surface area contributed by atoms with E-state index < -0.39 is 18.4 Å². The Morgan fingerprint density at radius 3 is 2.81 bits per heavy atom. The fourth-order valence-electron chi connectivity index (χ4n) is 1.96. The van der Waals surface area contributed by atoms with E-state index in [9.17, 15) is 14.3 Å². The number of halogens is 1. The number of aryl methyl sites for hydroxylation is 1. The molecule has 16 heavy (non-hydrogen) atoms. The normalized spacial score (nSPS) is 29.6. The number of hydrogen-bond acceptors (Lipinski definition) is 3. The summed E-state index contributed by atoms with van der Waals surface area (Å²) in [5.41, 5.74) is 1.81. The van der Waals surface area contributed by atoms with Crippen molar-refractivity contribution in [3.8, 4) is 0 Å². The molecule has 1 aromatic rings. The van der Waals surface area contributed by atoms with Gasteiger partial charge in [0.1, 0.15) is 12.2 Å². The van der Waals surface area contributed by atoms with Crippen LogP contribution in [-0.2, 0) is 4.74 Å². The fraction of sp³-hybridized carbons (Fsp3) is 0.545. The lowest BCUT2D eigenvalue weighted by Crippen LogP contribution is -2.21. The van der Waals surface area contributed by atoms with Gasteiger partial charge in [0.15, 0.2) is 12.0 Å². The van der Waals surface area contributed by atoms with E-state index >= 15 is 0 Å². The fourth-order valence-corrected chi connectivity index (χ4v) is 1.96. The molecule has 0 saturated carbocycles. The van der Waals surface area contributed by atoms with Gasteiger partial charge in [-0.2, -0.15) is 0 Å². The third-order valence-electron chi connectivity index (χ3n) is 2.84. The van der Waals surface area contributed by atoms with E-state index in [-0.39, 0.29) is 12.4 Å².